The number of hydrogen-bond acceptors (Lipinski definition) is 6. The maximum absolute atomic E-state index is 12.0. The van der Waals surface area contributed by atoms with Gasteiger partial charge in [0.1, 0.15) is 12.4 Å². The first-order valence-corrected chi connectivity index (χ1v) is 11.1. The van der Waals surface area contributed by atoms with Crippen molar-refractivity contribution in [3.63, 3.8) is 0 Å². The van der Waals surface area contributed by atoms with E-state index in [1.165, 1.54) is 6.07 Å². The van der Waals surface area contributed by atoms with Gasteiger partial charge in [0.15, 0.2) is 10.4 Å². The van der Waals surface area contributed by atoms with E-state index in [2.05, 4.69) is 38.5 Å². The number of carbonyl (C=O) groups excluding carboxylic acids is 2. The first kappa shape index (κ1) is 23.3. The van der Waals surface area contributed by atoms with Crippen molar-refractivity contribution in [3.05, 3.63) is 52.4 Å². The van der Waals surface area contributed by atoms with Gasteiger partial charge in [-0.3, -0.25) is 14.5 Å². The number of nitrogens with one attached hydrogen (secondary N) is 2. The first-order valence-electron chi connectivity index (χ1n) is 10.3. The Balaban J connectivity index is 1.36. The molecule has 2 heterocycles. The molecule has 2 amide bonds. The van der Waals surface area contributed by atoms with Crippen molar-refractivity contribution in [2.75, 3.05) is 40.0 Å². The van der Waals surface area contributed by atoms with Crippen LogP contribution >= 0.6 is 15.9 Å². The highest BCUT2D eigenvalue weighted by Crippen LogP contribution is 2.15. The molecule has 1 aliphatic rings. The number of carbonyl (C=O) groups is 2. The molecular weight excluding hydrogens is 466 g/mol. The summed E-state index contributed by atoms with van der Waals surface area (Å²) in [6.45, 7) is 3.31. The van der Waals surface area contributed by atoms with Crippen molar-refractivity contribution in [2.24, 2.45) is 0 Å². The highest BCUT2D eigenvalue weighted by atomic mass is 79.9. The van der Waals surface area contributed by atoms with Gasteiger partial charge in [0, 0.05) is 32.3 Å². The zero-order valence-electron chi connectivity index (χ0n) is 17.6. The fourth-order valence-corrected chi connectivity index (χ4v) is 3.61. The molecule has 0 atom stereocenters. The zero-order valence-corrected chi connectivity index (χ0v) is 19.2. The summed E-state index contributed by atoms with van der Waals surface area (Å²) in [5.41, 5.74) is 0.921. The third kappa shape index (κ3) is 7.68. The molecular formula is C22H28BrN3O5. The number of rotatable bonds is 10. The summed E-state index contributed by atoms with van der Waals surface area (Å²) in [7, 11) is 2.12. The summed E-state index contributed by atoms with van der Waals surface area (Å²) in [4.78, 5) is 26.2. The summed E-state index contributed by atoms with van der Waals surface area (Å²) < 4.78 is 16.9. The molecule has 0 radical (unpaired) electrons. The van der Waals surface area contributed by atoms with E-state index in [0.717, 1.165) is 43.9 Å². The second-order valence-electron chi connectivity index (χ2n) is 7.38. The molecule has 0 saturated carbocycles. The summed E-state index contributed by atoms with van der Waals surface area (Å²) in [6.07, 6.45) is 2.12. The SMILES string of the molecule is CN(CCOc1cccc(CNC(=O)CNC(=O)c2ccc(Br)o2)c1)C1CCOCC1. The topological polar surface area (TPSA) is 93.0 Å². The van der Waals surface area contributed by atoms with E-state index in [4.69, 9.17) is 13.9 Å². The van der Waals surface area contributed by atoms with Gasteiger partial charge in [-0.1, -0.05) is 12.1 Å². The third-order valence-corrected chi connectivity index (χ3v) is 5.55. The fraction of sp³-hybridized carbons (Fsp3) is 0.455. The number of benzene rings is 1. The monoisotopic (exact) mass is 493 g/mol. The Morgan fingerprint density at radius 1 is 1.19 bits per heavy atom. The van der Waals surface area contributed by atoms with E-state index in [1.807, 2.05) is 24.3 Å². The van der Waals surface area contributed by atoms with Crippen LogP contribution in [0, 0.1) is 0 Å². The number of amides is 2. The molecule has 0 unspecified atom stereocenters. The Labute approximate surface area is 190 Å². The molecule has 1 saturated heterocycles. The van der Waals surface area contributed by atoms with Crippen molar-refractivity contribution in [3.8, 4) is 5.75 Å². The second-order valence-corrected chi connectivity index (χ2v) is 8.16. The molecule has 8 nitrogen and oxygen atoms in total. The Morgan fingerprint density at radius 2 is 2.00 bits per heavy atom. The molecule has 2 N–H and O–H groups in total. The Hall–Kier alpha value is -2.36. The Morgan fingerprint density at radius 3 is 2.74 bits per heavy atom. The maximum Gasteiger partial charge on any atom is 0.287 e. The van der Waals surface area contributed by atoms with Crippen molar-refractivity contribution in [1.82, 2.24) is 15.5 Å². The van der Waals surface area contributed by atoms with Crippen LogP contribution in [-0.4, -0.2) is 62.7 Å². The normalized spacial score (nSPS) is 14.4. The second kappa shape index (κ2) is 11.9. The number of likely N-dealkylation sites (N-methyl/N-ethyl adjacent to an activating group) is 1. The van der Waals surface area contributed by atoms with Crippen LogP contribution in [0.3, 0.4) is 0 Å². The standard InChI is InChI=1S/C22H28BrN3O5/c1-26(17-7-10-29-11-8-17)9-12-30-18-4-2-3-16(13-18)14-24-21(27)15-25-22(28)19-5-6-20(23)31-19/h2-6,13,17H,7-12,14-15H2,1H3,(H,24,27)(H,25,28). The van der Waals surface area contributed by atoms with Crippen LogP contribution in [0.2, 0.25) is 0 Å². The lowest BCUT2D eigenvalue weighted by Crippen LogP contribution is -2.38. The van der Waals surface area contributed by atoms with E-state index >= 15 is 0 Å². The number of halogens is 1. The molecule has 1 aromatic heterocycles. The van der Waals surface area contributed by atoms with Crippen LogP contribution in [-0.2, 0) is 16.1 Å². The molecule has 0 bridgehead atoms. The average molecular weight is 494 g/mol. The van der Waals surface area contributed by atoms with Gasteiger partial charge >= 0.3 is 0 Å². The number of hydrogen-bond donors (Lipinski definition) is 2. The highest BCUT2D eigenvalue weighted by Gasteiger charge is 2.18. The third-order valence-electron chi connectivity index (χ3n) is 5.12. The molecule has 9 heteroatoms. The maximum atomic E-state index is 12.0. The van der Waals surface area contributed by atoms with Crippen LogP contribution in [0.25, 0.3) is 0 Å². The summed E-state index contributed by atoms with van der Waals surface area (Å²) in [6, 6.07) is 11.3. The number of furan rings is 1. The minimum Gasteiger partial charge on any atom is -0.492 e. The molecule has 1 aromatic carbocycles. The van der Waals surface area contributed by atoms with Gasteiger partial charge in [-0.2, -0.15) is 0 Å². The number of nitrogens with zero attached hydrogens (tertiary/aromatic N) is 1. The van der Waals surface area contributed by atoms with Crippen LogP contribution in [0.4, 0.5) is 0 Å². The summed E-state index contributed by atoms with van der Waals surface area (Å²) in [5, 5.41) is 5.31. The minimum absolute atomic E-state index is 0.133. The Bertz CT molecular complexity index is 866. The van der Waals surface area contributed by atoms with Crippen molar-refractivity contribution >= 4 is 27.7 Å². The van der Waals surface area contributed by atoms with Crippen LogP contribution in [0.15, 0.2) is 45.5 Å². The van der Waals surface area contributed by atoms with Crippen molar-refractivity contribution < 1.29 is 23.5 Å². The number of ether oxygens (including phenoxy) is 2. The first-order chi connectivity index (χ1) is 15.0. The molecule has 1 fully saturated rings. The minimum atomic E-state index is -0.443. The van der Waals surface area contributed by atoms with Gasteiger partial charge < -0.3 is 24.5 Å². The fourth-order valence-electron chi connectivity index (χ4n) is 3.31. The van der Waals surface area contributed by atoms with Gasteiger partial charge in [-0.05, 0) is 65.6 Å². The van der Waals surface area contributed by atoms with Crippen molar-refractivity contribution in [2.45, 2.75) is 25.4 Å². The van der Waals surface area contributed by atoms with Crippen LogP contribution in [0.1, 0.15) is 29.0 Å². The van der Waals surface area contributed by atoms with Gasteiger partial charge in [0.05, 0.1) is 6.54 Å². The molecule has 3 rings (SSSR count). The molecule has 31 heavy (non-hydrogen) atoms. The van der Waals surface area contributed by atoms with Crippen molar-refractivity contribution in [1.29, 1.82) is 0 Å². The molecule has 2 aromatic rings. The van der Waals surface area contributed by atoms with E-state index in [0.29, 0.717) is 23.9 Å². The van der Waals surface area contributed by atoms with Gasteiger partial charge in [-0.25, -0.2) is 0 Å². The summed E-state index contributed by atoms with van der Waals surface area (Å²) >= 11 is 3.13. The highest BCUT2D eigenvalue weighted by molar-refractivity contribution is 9.10. The van der Waals surface area contributed by atoms with E-state index in [9.17, 15) is 9.59 Å². The molecule has 168 valence electrons. The lowest BCUT2D eigenvalue weighted by molar-refractivity contribution is -0.120. The predicted molar refractivity (Wildman–Crippen MR) is 119 cm³/mol. The molecule has 0 aliphatic carbocycles. The lowest BCUT2D eigenvalue weighted by Gasteiger charge is -2.31. The van der Waals surface area contributed by atoms with Crippen LogP contribution in [0.5, 0.6) is 5.75 Å². The van der Waals surface area contributed by atoms with E-state index < -0.39 is 5.91 Å². The van der Waals surface area contributed by atoms with Gasteiger partial charge in [-0.15, -0.1) is 0 Å². The average Bonchev–Trinajstić information content (AvgIpc) is 3.23. The molecule has 0 spiro atoms. The molecule has 1 aliphatic heterocycles. The summed E-state index contributed by atoms with van der Waals surface area (Å²) in [5.74, 6) is 0.182. The van der Waals surface area contributed by atoms with E-state index in [-0.39, 0.29) is 18.2 Å². The van der Waals surface area contributed by atoms with Gasteiger partial charge in [0.25, 0.3) is 5.91 Å². The van der Waals surface area contributed by atoms with Gasteiger partial charge in [0.2, 0.25) is 5.91 Å². The predicted octanol–water partition coefficient (Wildman–Crippen LogP) is 2.58. The largest absolute Gasteiger partial charge is 0.492 e. The van der Waals surface area contributed by atoms with Crippen LogP contribution < -0.4 is 15.4 Å². The van der Waals surface area contributed by atoms with E-state index in [1.54, 1.807) is 6.07 Å². The quantitative estimate of drug-likeness (QED) is 0.528. The zero-order chi connectivity index (χ0) is 22.1. The smallest absolute Gasteiger partial charge is 0.287 e. The Kier molecular flexibility index (Phi) is 8.93. The lowest BCUT2D eigenvalue weighted by atomic mass is 10.1.